The molecule has 2 heterocycles. The standard InChI is InChI=1S/C26H29N3O3S/c30-25(28-23-10-4-5-11-24(23)32-21-7-2-1-3-8-21)19-29-16-13-20(14-17-29)26(31)27-15-12-22-9-6-18-33-22/h1-11,18,20H,12-17,19H2,(H,27,31)(H,28,30). The minimum Gasteiger partial charge on any atom is -0.455 e. The third kappa shape index (κ3) is 6.91. The van der Waals surface area contributed by atoms with E-state index in [0.717, 1.165) is 38.1 Å². The number of hydrogen-bond donors (Lipinski definition) is 2. The van der Waals surface area contributed by atoms with Crippen LogP contribution in [0.25, 0.3) is 0 Å². The molecule has 2 amide bonds. The molecule has 0 atom stereocenters. The van der Waals surface area contributed by atoms with Gasteiger partial charge in [0.25, 0.3) is 0 Å². The van der Waals surface area contributed by atoms with Gasteiger partial charge in [0.15, 0.2) is 5.75 Å². The van der Waals surface area contributed by atoms with Crippen molar-refractivity contribution in [1.82, 2.24) is 10.2 Å². The van der Waals surface area contributed by atoms with Crippen molar-refractivity contribution in [3.05, 3.63) is 77.0 Å². The normalized spacial score (nSPS) is 14.5. The number of benzene rings is 2. The number of ether oxygens (including phenoxy) is 1. The topological polar surface area (TPSA) is 70.7 Å². The number of amides is 2. The van der Waals surface area contributed by atoms with Gasteiger partial charge in [-0.3, -0.25) is 14.5 Å². The van der Waals surface area contributed by atoms with E-state index in [-0.39, 0.29) is 17.7 Å². The Morgan fingerprint density at radius 1 is 0.970 bits per heavy atom. The fourth-order valence-electron chi connectivity index (χ4n) is 3.93. The van der Waals surface area contributed by atoms with E-state index in [1.54, 1.807) is 11.3 Å². The number of hydrogen-bond acceptors (Lipinski definition) is 5. The highest BCUT2D eigenvalue weighted by atomic mass is 32.1. The maximum Gasteiger partial charge on any atom is 0.238 e. The Kier molecular flexibility index (Phi) is 8.11. The number of nitrogens with zero attached hydrogens (tertiary/aromatic N) is 1. The van der Waals surface area contributed by atoms with E-state index in [1.165, 1.54) is 4.88 Å². The zero-order valence-corrected chi connectivity index (χ0v) is 19.4. The minimum atomic E-state index is -0.0852. The van der Waals surface area contributed by atoms with Crippen molar-refractivity contribution >= 4 is 28.8 Å². The number of carbonyl (C=O) groups excluding carboxylic acids is 2. The summed E-state index contributed by atoms with van der Waals surface area (Å²) < 4.78 is 5.92. The summed E-state index contributed by atoms with van der Waals surface area (Å²) in [5, 5.41) is 8.08. The van der Waals surface area contributed by atoms with Crippen molar-refractivity contribution in [3.8, 4) is 11.5 Å². The summed E-state index contributed by atoms with van der Waals surface area (Å²) in [5.74, 6) is 1.39. The summed E-state index contributed by atoms with van der Waals surface area (Å²) in [5.41, 5.74) is 0.645. The molecule has 0 spiro atoms. The van der Waals surface area contributed by atoms with Crippen LogP contribution in [-0.2, 0) is 16.0 Å². The molecule has 4 rings (SSSR count). The first-order valence-electron chi connectivity index (χ1n) is 11.3. The van der Waals surface area contributed by atoms with Crippen LogP contribution in [0.4, 0.5) is 5.69 Å². The Balaban J connectivity index is 1.21. The second kappa shape index (κ2) is 11.6. The van der Waals surface area contributed by atoms with E-state index < -0.39 is 0 Å². The molecule has 1 aromatic heterocycles. The first-order chi connectivity index (χ1) is 16.2. The van der Waals surface area contributed by atoms with E-state index in [1.807, 2.05) is 60.7 Å². The van der Waals surface area contributed by atoms with Crippen LogP contribution >= 0.6 is 11.3 Å². The molecule has 2 aromatic carbocycles. The van der Waals surface area contributed by atoms with E-state index in [0.29, 0.717) is 24.5 Å². The smallest absolute Gasteiger partial charge is 0.238 e. The number of nitrogens with one attached hydrogen (secondary N) is 2. The molecule has 7 heteroatoms. The van der Waals surface area contributed by atoms with Crippen molar-refractivity contribution in [2.75, 3.05) is 31.5 Å². The molecular formula is C26H29N3O3S. The van der Waals surface area contributed by atoms with Crippen LogP contribution in [0, 0.1) is 5.92 Å². The number of anilines is 1. The zero-order chi connectivity index (χ0) is 22.9. The van der Waals surface area contributed by atoms with Gasteiger partial charge in [-0.2, -0.15) is 0 Å². The average molecular weight is 464 g/mol. The number of thiophene rings is 1. The summed E-state index contributed by atoms with van der Waals surface area (Å²) in [6.07, 6.45) is 2.41. The fraction of sp³-hybridized carbons (Fsp3) is 0.308. The molecule has 1 aliphatic rings. The monoisotopic (exact) mass is 463 g/mol. The molecule has 1 aliphatic heterocycles. The predicted octanol–water partition coefficient (Wildman–Crippen LogP) is 4.55. The van der Waals surface area contributed by atoms with Crippen LogP contribution in [0.2, 0.25) is 0 Å². The summed E-state index contributed by atoms with van der Waals surface area (Å²) in [4.78, 5) is 28.5. The Morgan fingerprint density at radius 2 is 1.73 bits per heavy atom. The van der Waals surface area contributed by atoms with Gasteiger partial charge in [-0.05, 0) is 68.1 Å². The summed E-state index contributed by atoms with van der Waals surface area (Å²) >= 11 is 1.71. The van der Waals surface area contributed by atoms with Gasteiger partial charge in [-0.15, -0.1) is 11.3 Å². The second-order valence-electron chi connectivity index (χ2n) is 8.13. The molecule has 33 heavy (non-hydrogen) atoms. The number of para-hydroxylation sites is 3. The van der Waals surface area contributed by atoms with Gasteiger partial charge in [0.2, 0.25) is 11.8 Å². The van der Waals surface area contributed by atoms with Gasteiger partial charge < -0.3 is 15.4 Å². The number of piperidine rings is 1. The Labute approximate surface area is 198 Å². The van der Waals surface area contributed by atoms with E-state index >= 15 is 0 Å². The van der Waals surface area contributed by atoms with Crippen LogP contribution in [0.3, 0.4) is 0 Å². The van der Waals surface area contributed by atoms with Gasteiger partial charge in [-0.1, -0.05) is 36.4 Å². The average Bonchev–Trinajstić information content (AvgIpc) is 3.35. The molecule has 6 nitrogen and oxygen atoms in total. The van der Waals surface area contributed by atoms with Crippen molar-refractivity contribution in [1.29, 1.82) is 0 Å². The zero-order valence-electron chi connectivity index (χ0n) is 18.5. The van der Waals surface area contributed by atoms with E-state index in [4.69, 9.17) is 4.74 Å². The van der Waals surface area contributed by atoms with Crippen molar-refractivity contribution < 1.29 is 14.3 Å². The molecule has 172 valence electrons. The number of carbonyl (C=O) groups is 2. The second-order valence-corrected chi connectivity index (χ2v) is 9.16. The predicted molar refractivity (Wildman–Crippen MR) is 132 cm³/mol. The Hall–Kier alpha value is -3.16. The van der Waals surface area contributed by atoms with Gasteiger partial charge >= 0.3 is 0 Å². The van der Waals surface area contributed by atoms with Crippen LogP contribution in [-0.4, -0.2) is 42.9 Å². The third-order valence-electron chi connectivity index (χ3n) is 5.71. The van der Waals surface area contributed by atoms with Gasteiger partial charge in [0.05, 0.1) is 12.2 Å². The van der Waals surface area contributed by atoms with E-state index in [2.05, 4.69) is 27.0 Å². The minimum absolute atomic E-state index is 0.0210. The molecule has 0 radical (unpaired) electrons. The number of rotatable bonds is 9. The highest BCUT2D eigenvalue weighted by molar-refractivity contribution is 7.09. The molecule has 0 bridgehead atoms. The van der Waals surface area contributed by atoms with Crippen molar-refractivity contribution in [3.63, 3.8) is 0 Å². The highest BCUT2D eigenvalue weighted by Gasteiger charge is 2.25. The molecule has 1 fully saturated rings. The lowest BCUT2D eigenvalue weighted by Gasteiger charge is -2.30. The van der Waals surface area contributed by atoms with Gasteiger partial charge in [0, 0.05) is 17.3 Å². The van der Waals surface area contributed by atoms with Crippen molar-refractivity contribution in [2.24, 2.45) is 5.92 Å². The first kappa shape index (κ1) is 23.0. The lowest BCUT2D eigenvalue weighted by atomic mass is 9.96. The van der Waals surface area contributed by atoms with Gasteiger partial charge in [-0.25, -0.2) is 0 Å². The van der Waals surface area contributed by atoms with E-state index in [9.17, 15) is 9.59 Å². The fourth-order valence-corrected chi connectivity index (χ4v) is 4.64. The summed E-state index contributed by atoms with van der Waals surface area (Å²) in [6, 6.07) is 21.0. The van der Waals surface area contributed by atoms with Crippen LogP contribution in [0.5, 0.6) is 11.5 Å². The Bertz CT molecular complexity index is 1030. The largest absolute Gasteiger partial charge is 0.455 e. The molecule has 3 aromatic rings. The molecule has 0 unspecified atom stereocenters. The molecular weight excluding hydrogens is 434 g/mol. The highest BCUT2D eigenvalue weighted by Crippen LogP contribution is 2.29. The van der Waals surface area contributed by atoms with Crippen LogP contribution < -0.4 is 15.4 Å². The quantitative estimate of drug-likeness (QED) is 0.488. The maximum absolute atomic E-state index is 12.7. The molecule has 0 aliphatic carbocycles. The third-order valence-corrected chi connectivity index (χ3v) is 6.64. The lowest BCUT2D eigenvalue weighted by molar-refractivity contribution is -0.126. The van der Waals surface area contributed by atoms with Gasteiger partial charge in [0.1, 0.15) is 5.75 Å². The maximum atomic E-state index is 12.7. The van der Waals surface area contributed by atoms with Crippen LogP contribution in [0.15, 0.2) is 72.1 Å². The van der Waals surface area contributed by atoms with Crippen LogP contribution in [0.1, 0.15) is 17.7 Å². The molecule has 2 N–H and O–H groups in total. The summed E-state index contributed by atoms with van der Waals surface area (Å²) in [7, 11) is 0. The first-order valence-corrected chi connectivity index (χ1v) is 12.2. The number of likely N-dealkylation sites (tertiary alicyclic amines) is 1. The Morgan fingerprint density at radius 3 is 2.48 bits per heavy atom. The molecule has 0 saturated carbocycles. The molecule has 1 saturated heterocycles. The van der Waals surface area contributed by atoms with Crippen molar-refractivity contribution in [2.45, 2.75) is 19.3 Å². The summed E-state index contributed by atoms with van der Waals surface area (Å²) in [6.45, 7) is 2.44. The lowest BCUT2D eigenvalue weighted by Crippen LogP contribution is -2.43. The SMILES string of the molecule is O=C(CN1CCC(C(=O)NCCc2cccs2)CC1)Nc1ccccc1Oc1ccccc1.